The Balaban J connectivity index is 1.34. The molecule has 1 aliphatic heterocycles. The lowest BCUT2D eigenvalue weighted by Crippen LogP contribution is -2.46. The second-order valence-electron chi connectivity index (χ2n) is 10.9. The number of esters is 1. The number of carbonyl (C=O) groups is 1. The summed E-state index contributed by atoms with van der Waals surface area (Å²) in [4.78, 5) is 26.8. The van der Waals surface area contributed by atoms with Crippen LogP contribution in [0.3, 0.4) is 0 Å². The highest BCUT2D eigenvalue weighted by molar-refractivity contribution is 7.99. The van der Waals surface area contributed by atoms with Crippen LogP contribution in [0, 0.1) is 0 Å². The summed E-state index contributed by atoms with van der Waals surface area (Å²) in [6, 6.07) is 5.46. The van der Waals surface area contributed by atoms with Crippen LogP contribution in [0.4, 0.5) is 11.6 Å². The van der Waals surface area contributed by atoms with Crippen LogP contribution in [0.2, 0.25) is 0 Å². The first-order chi connectivity index (χ1) is 17.7. The van der Waals surface area contributed by atoms with Gasteiger partial charge in [0.1, 0.15) is 23.3 Å². The largest absolute Gasteiger partial charge is 0.474 e. The maximum Gasteiger partial charge on any atom is 0.340 e. The molecule has 4 heterocycles. The lowest BCUT2D eigenvalue weighted by Gasteiger charge is -2.39. The normalized spacial score (nSPS) is 23.6. The standard InChI is InChI=1S/C28H33N5O3S/c1-5-21(29)19-13-31-25(35-15-10-16(11-15)37-4)20-14-30-23(12-18(19)20)32-22-7-6-17-24(33-22)28(8-9-28)27(2,3)36-26(17)34/h6-7,12-16,21H,5,8-11,29H2,1-4H3,(H,30,32,33). The van der Waals surface area contributed by atoms with Crippen LogP contribution in [0.5, 0.6) is 5.88 Å². The molecule has 2 fully saturated rings. The number of aromatic nitrogens is 3. The van der Waals surface area contributed by atoms with Crippen molar-refractivity contribution in [3.05, 3.63) is 47.4 Å². The lowest BCUT2D eigenvalue weighted by molar-refractivity contribution is -0.0285. The number of anilines is 2. The fourth-order valence-electron chi connectivity index (χ4n) is 5.60. The molecule has 3 aromatic rings. The van der Waals surface area contributed by atoms with Crippen molar-refractivity contribution in [3.63, 3.8) is 0 Å². The fourth-order valence-corrected chi connectivity index (χ4v) is 6.41. The van der Waals surface area contributed by atoms with Crippen LogP contribution in [0.1, 0.15) is 80.5 Å². The highest BCUT2D eigenvalue weighted by Gasteiger charge is 2.63. The van der Waals surface area contributed by atoms with E-state index in [0.717, 1.165) is 54.1 Å². The van der Waals surface area contributed by atoms with Crippen LogP contribution < -0.4 is 15.8 Å². The number of pyridine rings is 3. The summed E-state index contributed by atoms with van der Waals surface area (Å²) in [5.41, 5.74) is 8.00. The van der Waals surface area contributed by atoms with Gasteiger partial charge in [0.15, 0.2) is 0 Å². The number of carbonyl (C=O) groups excluding carboxylic acids is 1. The van der Waals surface area contributed by atoms with Crippen molar-refractivity contribution in [1.29, 1.82) is 0 Å². The van der Waals surface area contributed by atoms with Gasteiger partial charge in [-0.3, -0.25) is 0 Å². The smallest absolute Gasteiger partial charge is 0.340 e. The second kappa shape index (κ2) is 8.84. The third-order valence-electron chi connectivity index (χ3n) is 8.34. The highest BCUT2D eigenvalue weighted by atomic mass is 32.2. The van der Waals surface area contributed by atoms with E-state index in [0.29, 0.717) is 28.3 Å². The number of nitrogens with two attached hydrogens (primary N) is 1. The first-order valence-corrected chi connectivity index (χ1v) is 14.3. The van der Waals surface area contributed by atoms with E-state index >= 15 is 0 Å². The molecule has 37 heavy (non-hydrogen) atoms. The average Bonchev–Trinajstić information content (AvgIpc) is 3.67. The molecule has 194 valence electrons. The third-order valence-corrected chi connectivity index (χ3v) is 9.40. The monoisotopic (exact) mass is 519 g/mol. The van der Waals surface area contributed by atoms with Crippen molar-refractivity contribution in [1.82, 2.24) is 15.0 Å². The van der Waals surface area contributed by atoms with E-state index in [2.05, 4.69) is 28.5 Å². The van der Waals surface area contributed by atoms with Gasteiger partial charge in [-0.05, 0) is 81.4 Å². The maximum atomic E-state index is 12.6. The van der Waals surface area contributed by atoms with E-state index < -0.39 is 5.60 Å². The van der Waals surface area contributed by atoms with Crippen LogP contribution in [0.25, 0.3) is 10.8 Å². The van der Waals surface area contributed by atoms with Gasteiger partial charge in [-0.25, -0.2) is 19.7 Å². The van der Waals surface area contributed by atoms with E-state index in [4.69, 9.17) is 20.2 Å². The Kier molecular flexibility index (Phi) is 5.84. The average molecular weight is 520 g/mol. The molecule has 3 N–H and O–H groups in total. The Hall–Kier alpha value is -2.91. The minimum absolute atomic E-state index is 0.145. The second-order valence-corrected chi connectivity index (χ2v) is 12.1. The summed E-state index contributed by atoms with van der Waals surface area (Å²) in [6.45, 7) is 6.02. The Labute approximate surface area is 221 Å². The molecule has 1 spiro atoms. The molecular weight excluding hydrogens is 486 g/mol. The van der Waals surface area contributed by atoms with E-state index in [1.807, 2.05) is 37.9 Å². The molecule has 1 atom stereocenters. The molecule has 6 rings (SSSR count). The number of ether oxygens (including phenoxy) is 2. The minimum atomic E-state index is -0.575. The van der Waals surface area contributed by atoms with E-state index in [-0.39, 0.29) is 23.5 Å². The first kappa shape index (κ1) is 24.4. The maximum absolute atomic E-state index is 12.6. The number of cyclic esters (lactones) is 1. The molecule has 2 saturated carbocycles. The number of nitrogens with zero attached hydrogens (tertiary/aromatic N) is 3. The molecule has 1 unspecified atom stereocenters. The number of rotatable bonds is 7. The molecule has 2 aliphatic carbocycles. The summed E-state index contributed by atoms with van der Waals surface area (Å²) in [7, 11) is 0. The van der Waals surface area contributed by atoms with Crippen molar-refractivity contribution in [3.8, 4) is 5.88 Å². The summed E-state index contributed by atoms with van der Waals surface area (Å²) in [5.74, 6) is 1.59. The number of nitrogens with one attached hydrogen (secondary N) is 1. The number of thioether (sulfide) groups is 1. The summed E-state index contributed by atoms with van der Waals surface area (Å²) < 4.78 is 12.0. The van der Waals surface area contributed by atoms with E-state index in [1.165, 1.54) is 0 Å². The molecule has 3 aromatic heterocycles. The molecule has 9 heteroatoms. The van der Waals surface area contributed by atoms with Gasteiger partial charge in [0, 0.05) is 23.7 Å². The van der Waals surface area contributed by atoms with Crippen molar-refractivity contribution in [2.24, 2.45) is 5.73 Å². The Morgan fingerprint density at radius 3 is 2.68 bits per heavy atom. The molecule has 0 bridgehead atoms. The summed E-state index contributed by atoms with van der Waals surface area (Å²) in [6.07, 6.45) is 10.7. The number of hydrogen-bond acceptors (Lipinski definition) is 9. The van der Waals surface area contributed by atoms with Crippen molar-refractivity contribution >= 4 is 40.1 Å². The van der Waals surface area contributed by atoms with Crippen molar-refractivity contribution in [2.75, 3.05) is 11.6 Å². The predicted octanol–water partition coefficient (Wildman–Crippen LogP) is 5.43. The Bertz CT molecular complexity index is 1380. The van der Waals surface area contributed by atoms with Gasteiger partial charge in [-0.2, -0.15) is 11.8 Å². The fraction of sp³-hybridized carbons (Fsp3) is 0.500. The van der Waals surface area contributed by atoms with Gasteiger partial charge >= 0.3 is 5.97 Å². The lowest BCUT2D eigenvalue weighted by atomic mass is 9.80. The number of fused-ring (bicyclic) bond motifs is 3. The van der Waals surface area contributed by atoms with Crippen LogP contribution in [-0.4, -0.2) is 44.1 Å². The van der Waals surface area contributed by atoms with Crippen LogP contribution in [-0.2, 0) is 10.2 Å². The van der Waals surface area contributed by atoms with E-state index in [9.17, 15) is 4.79 Å². The molecule has 0 saturated heterocycles. The zero-order valence-electron chi connectivity index (χ0n) is 21.7. The molecule has 0 aromatic carbocycles. The molecule has 8 nitrogen and oxygen atoms in total. The zero-order valence-corrected chi connectivity index (χ0v) is 22.5. The number of hydrogen-bond donors (Lipinski definition) is 2. The topological polar surface area (TPSA) is 112 Å². The van der Waals surface area contributed by atoms with Gasteiger partial charge in [0.25, 0.3) is 0 Å². The first-order valence-electron chi connectivity index (χ1n) is 13.0. The minimum Gasteiger partial charge on any atom is -0.474 e. The van der Waals surface area contributed by atoms with Gasteiger partial charge in [-0.1, -0.05) is 6.92 Å². The Morgan fingerprint density at radius 2 is 1.97 bits per heavy atom. The highest BCUT2D eigenvalue weighted by Crippen LogP contribution is 2.59. The molecular formula is C28H33N5O3S. The summed E-state index contributed by atoms with van der Waals surface area (Å²) in [5, 5.41) is 5.84. The van der Waals surface area contributed by atoms with Gasteiger partial charge in [-0.15, -0.1) is 0 Å². The molecule has 0 radical (unpaired) electrons. The van der Waals surface area contributed by atoms with E-state index in [1.54, 1.807) is 18.3 Å². The van der Waals surface area contributed by atoms with Crippen LogP contribution in [0.15, 0.2) is 30.6 Å². The van der Waals surface area contributed by atoms with Gasteiger partial charge in [0.2, 0.25) is 5.88 Å². The van der Waals surface area contributed by atoms with Gasteiger partial charge in [0.05, 0.1) is 22.1 Å². The Morgan fingerprint density at radius 1 is 1.19 bits per heavy atom. The predicted molar refractivity (Wildman–Crippen MR) is 146 cm³/mol. The summed E-state index contributed by atoms with van der Waals surface area (Å²) >= 11 is 1.88. The van der Waals surface area contributed by atoms with Crippen molar-refractivity contribution < 1.29 is 14.3 Å². The molecule has 0 amide bonds. The SMILES string of the molecule is CCC(N)c1cnc(OC2CC(SC)C2)c2cnc(Nc3ccc4c(n3)C3(CC3)C(C)(C)OC4=O)cc12. The third kappa shape index (κ3) is 4.03. The van der Waals surface area contributed by atoms with Gasteiger partial charge < -0.3 is 20.5 Å². The van der Waals surface area contributed by atoms with Crippen molar-refractivity contribution in [2.45, 2.75) is 81.3 Å². The quantitative estimate of drug-likeness (QED) is 0.394. The zero-order chi connectivity index (χ0) is 25.9. The van der Waals surface area contributed by atoms with Crippen LogP contribution >= 0.6 is 11.8 Å². The molecule has 3 aliphatic rings.